The van der Waals surface area contributed by atoms with Crippen LogP contribution < -0.4 is 0 Å². The Morgan fingerprint density at radius 1 is 1.27 bits per heavy atom. The van der Waals surface area contributed by atoms with Crippen LogP contribution >= 0.6 is 0 Å². The Hall–Kier alpha value is -1.66. The van der Waals surface area contributed by atoms with E-state index in [9.17, 15) is 13.2 Å². The molecule has 22 heavy (non-hydrogen) atoms. The van der Waals surface area contributed by atoms with Crippen LogP contribution in [0.5, 0.6) is 0 Å². The minimum absolute atomic E-state index is 0.153. The van der Waals surface area contributed by atoms with Crippen LogP contribution in [0.25, 0.3) is 0 Å². The fourth-order valence-corrected chi connectivity index (χ4v) is 5.50. The summed E-state index contributed by atoms with van der Waals surface area (Å²) in [5, 5.41) is -0.651. The van der Waals surface area contributed by atoms with Gasteiger partial charge in [0.25, 0.3) is 0 Å². The van der Waals surface area contributed by atoms with Gasteiger partial charge in [0.05, 0.1) is 22.8 Å². The lowest BCUT2D eigenvalue weighted by Gasteiger charge is -2.36. The number of hydrogen-bond acceptors (Lipinski definition) is 5. The Balaban J connectivity index is 2.09. The molecule has 0 saturated carbocycles. The molecule has 0 aliphatic carbocycles. The van der Waals surface area contributed by atoms with Crippen LogP contribution in [-0.2, 0) is 19.4 Å². The molecule has 2 aliphatic rings. The lowest BCUT2D eigenvalue weighted by Crippen LogP contribution is -2.52. The molecule has 1 fully saturated rings. The molecule has 2 heterocycles. The van der Waals surface area contributed by atoms with E-state index in [-0.39, 0.29) is 24.0 Å². The Morgan fingerprint density at radius 2 is 1.91 bits per heavy atom. The van der Waals surface area contributed by atoms with Crippen molar-refractivity contribution < 1.29 is 17.9 Å². The van der Waals surface area contributed by atoms with Gasteiger partial charge in [-0.25, -0.2) is 8.42 Å². The zero-order valence-corrected chi connectivity index (χ0v) is 13.6. The van der Waals surface area contributed by atoms with Gasteiger partial charge in [-0.15, -0.1) is 0 Å². The van der Waals surface area contributed by atoms with Crippen molar-refractivity contribution in [1.82, 2.24) is 4.90 Å². The first-order valence-electron chi connectivity index (χ1n) is 7.15. The number of Topliss-reactive ketones (excluding diaryl/α,β-unsaturated/α-hetero) is 1. The van der Waals surface area contributed by atoms with Gasteiger partial charge >= 0.3 is 0 Å². The maximum Gasteiger partial charge on any atom is 0.216 e. The summed E-state index contributed by atoms with van der Waals surface area (Å²) in [6.07, 6.45) is 1.91. The van der Waals surface area contributed by atoms with Crippen molar-refractivity contribution in [3.8, 4) is 0 Å². The van der Waals surface area contributed by atoms with Gasteiger partial charge < -0.3 is 4.74 Å². The first-order chi connectivity index (χ1) is 10.3. The number of ether oxygens (including phenoxy) is 1. The average Bonchev–Trinajstić information content (AvgIpc) is 2.71. The highest BCUT2D eigenvalue weighted by Gasteiger charge is 2.58. The van der Waals surface area contributed by atoms with Crippen LogP contribution in [0.2, 0.25) is 0 Å². The molecule has 0 aromatic heterocycles. The molecule has 1 aromatic carbocycles. The molecule has 118 valence electrons. The molecule has 2 aliphatic heterocycles. The van der Waals surface area contributed by atoms with Crippen LogP contribution in [0, 0.1) is 0 Å². The largest absolute Gasteiger partial charge is 0.493 e. The van der Waals surface area contributed by atoms with Crippen molar-refractivity contribution in [2.75, 3.05) is 14.2 Å². The summed E-state index contributed by atoms with van der Waals surface area (Å²) in [6, 6.07) is 8.04. The number of methoxy groups -OCH3 is 1. The first-order valence-corrected chi connectivity index (χ1v) is 8.69. The van der Waals surface area contributed by atoms with E-state index in [1.54, 1.807) is 50.4 Å². The van der Waals surface area contributed by atoms with Crippen LogP contribution in [0.15, 0.2) is 47.1 Å². The molecule has 0 N–H and O–H groups in total. The fraction of sp³-hybridized carbons (Fsp3) is 0.438. The van der Waals surface area contributed by atoms with Gasteiger partial charge in [0.15, 0.2) is 15.6 Å². The molecule has 0 amide bonds. The average molecular weight is 321 g/mol. The Bertz CT molecular complexity index is 741. The van der Waals surface area contributed by atoms with Gasteiger partial charge in [-0.05, 0) is 38.6 Å². The second-order valence-electron chi connectivity index (χ2n) is 6.04. The number of likely N-dealkylation sites (N-methyl/N-ethyl adjacent to an activating group) is 1. The highest BCUT2D eigenvalue weighted by molar-refractivity contribution is 7.92. The van der Waals surface area contributed by atoms with Crippen LogP contribution in [0.4, 0.5) is 0 Å². The van der Waals surface area contributed by atoms with Crippen molar-refractivity contribution >= 4 is 15.6 Å². The predicted octanol–water partition coefficient (Wildman–Crippen LogP) is 1.40. The second kappa shape index (κ2) is 4.93. The topological polar surface area (TPSA) is 63.7 Å². The van der Waals surface area contributed by atoms with E-state index in [2.05, 4.69) is 0 Å². The minimum Gasteiger partial charge on any atom is -0.493 e. The molecule has 0 unspecified atom stereocenters. The number of nitrogens with zero attached hydrogens (tertiary/aromatic N) is 1. The molecule has 2 bridgehead atoms. The maximum atomic E-state index is 13.0. The Morgan fingerprint density at radius 3 is 2.50 bits per heavy atom. The van der Waals surface area contributed by atoms with Gasteiger partial charge in [0.2, 0.25) is 5.78 Å². The molecular weight excluding hydrogens is 302 g/mol. The molecular formula is C16H19NO4S. The highest BCUT2D eigenvalue weighted by Crippen LogP contribution is 2.44. The molecule has 1 saturated heterocycles. The lowest BCUT2D eigenvalue weighted by molar-refractivity contribution is -0.128. The lowest BCUT2D eigenvalue weighted by atomic mass is 9.91. The quantitative estimate of drug-likeness (QED) is 0.842. The molecule has 6 heteroatoms. The number of benzene rings is 1. The third-order valence-electron chi connectivity index (χ3n) is 4.93. The van der Waals surface area contributed by atoms with Gasteiger partial charge in [-0.3, -0.25) is 9.69 Å². The van der Waals surface area contributed by atoms with E-state index < -0.39 is 20.6 Å². The summed E-state index contributed by atoms with van der Waals surface area (Å²) < 4.78 is 31.1. The van der Waals surface area contributed by atoms with E-state index in [4.69, 9.17) is 4.74 Å². The van der Waals surface area contributed by atoms with E-state index in [1.807, 2.05) is 4.90 Å². The van der Waals surface area contributed by atoms with E-state index in [1.165, 1.54) is 7.11 Å². The van der Waals surface area contributed by atoms with Gasteiger partial charge in [0.1, 0.15) is 0 Å². The van der Waals surface area contributed by atoms with Crippen molar-refractivity contribution in [2.24, 2.45) is 0 Å². The van der Waals surface area contributed by atoms with Gasteiger partial charge in [-0.2, -0.15) is 0 Å². The standard InChI is InChI=1S/C16H19NO4S/c1-16-10-14(22(19,20)11-7-5-4-6-8-11)12(17(16)2)9-13(21-3)15(16)18/h4-9,12,14H,10H2,1-3H3/t12-,14+,16-/m0/s1. The normalized spacial score (nSPS) is 32.0. The van der Waals surface area contributed by atoms with Crippen molar-refractivity contribution in [1.29, 1.82) is 0 Å². The number of carbonyl (C=O) groups is 1. The maximum absolute atomic E-state index is 13.0. The summed E-state index contributed by atoms with van der Waals surface area (Å²) in [5.74, 6) is 0.107. The van der Waals surface area contributed by atoms with E-state index >= 15 is 0 Å². The number of rotatable bonds is 3. The molecule has 3 rings (SSSR count). The van der Waals surface area contributed by atoms with Crippen LogP contribution in [-0.4, -0.2) is 50.1 Å². The summed E-state index contributed by atoms with van der Waals surface area (Å²) >= 11 is 0. The Kier molecular flexibility index (Phi) is 3.41. The van der Waals surface area contributed by atoms with E-state index in [0.29, 0.717) is 4.90 Å². The van der Waals surface area contributed by atoms with E-state index in [0.717, 1.165) is 0 Å². The summed E-state index contributed by atoms with van der Waals surface area (Å²) in [7, 11) is -0.272. The zero-order valence-electron chi connectivity index (χ0n) is 12.8. The molecule has 0 radical (unpaired) electrons. The van der Waals surface area contributed by atoms with Crippen LogP contribution in [0.3, 0.4) is 0 Å². The number of hydrogen-bond donors (Lipinski definition) is 0. The molecule has 0 spiro atoms. The molecule has 5 nitrogen and oxygen atoms in total. The summed E-state index contributed by atoms with van der Waals surface area (Å²) in [4.78, 5) is 14.7. The van der Waals surface area contributed by atoms with Crippen molar-refractivity contribution in [3.63, 3.8) is 0 Å². The molecule has 1 aromatic rings. The zero-order chi connectivity index (χ0) is 16.1. The molecule has 3 atom stereocenters. The summed E-state index contributed by atoms with van der Waals surface area (Å²) in [5.41, 5.74) is -0.836. The third kappa shape index (κ3) is 1.94. The number of sulfone groups is 1. The Labute approximate surface area is 130 Å². The van der Waals surface area contributed by atoms with Gasteiger partial charge in [0, 0.05) is 6.04 Å². The number of carbonyl (C=O) groups excluding carboxylic acids is 1. The SMILES string of the molecule is COC1=C[C@H]2[C@H](S(=O)(=O)c3ccccc3)C[C@@](C)(C1=O)N2C. The number of ketones is 1. The third-order valence-corrected chi connectivity index (χ3v) is 7.10. The highest BCUT2D eigenvalue weighted by atomic mass is 32.2. The predicted molar refractivity (Wildman–Crippen MR) is 82.1 cm³/mol. The van der Waals surface area contributed by atoms with Crippen molar-refractivity contribution in [2.45, 2.75) is 35.1 Å². The smallest absolute Gasteiger partial charge is 0.216 e. The second-order valence-corrected chi connectivity index (χ2v) is 8.21. The summed E-state index contributed by atoms with van der Waals surface area (Å²) in [6.45, 7) is 1.79. The van der Waals surface area contributed by atoms with Crippen LogP contribution in [0.1, 0.15) is 13.3 Å². The monoisotopic (exact) mass is 321 g/mol. The first kappa shape index (κ1) is 15.2. The van der Waals surface area contributed by atoms with Crippen molar-refractivity contribution in [3.05, 3.63) is 42.2 Å². The number of fused-ring (bicyclic) bond motifs is 2. The fourth-order valence-electron chi connectivity index (χ4n) is 3.44. The van der Waals surface area contributed by atoms with Gasteiger partial charge in [-0.1, -0.05) is 18.2 Å². The minimum atomic E-state index is -3.51.